The number of benzene rings is 2. The van der Waals surface area contributed by atoms with Gasteiger partial charge in [-0.25, -0.2) is 0 Å². The van der Waals surface area contributed by atoms with Gasteiger partial charge in [-0.1, -0.05) is 32.0 Å². The minimum Gasteiger partial charge on any atom is -0.493 e. The van der Waals surface area contributed by atoms with Crippen LogP contribution in [0.25, 0.3) is 0 Å². The summed E-state index contributed by atoms with van der Waals surface area (Å²) < 4.78 is 5.83. The topological polar surface area (TPSA) is 64.3 Å². The van der Waals surface area contributed by atoms with Crippen LogP contribution in [0.3, 0.4) is 0 Å². The van der Waals surface area contributed by atoms with Gasteiger partial charge in [0.2, 0.25) is 0 Å². The molecule has 23 heavy (non-hydrogen) atoms. The molecule has 0 aromatic heterocycles. The fourth-order valence-corrected chi connectivity index (χ4v) is 2.11. The van der Waals surface area contributed by atoms with Crippen LogP contribution in [0.4, 0.5) is 5.69 Å². The first kappa shape index (κ1) is 16.9. The molecule has 2 rings (SSSR count). The van der Waals surface area contributed by atoms with Gasteiger partial charge in [0.05, 0.1) is 6.61 Å². The van der Waals surface area contributed by atoms with Crippen molar-refractivity contribution < 1.29 is 9.53 Å². The molecule has 0 aliphatic rings. The van der Waals surface area contributed by atoms with Gasteiger partial charge < -0.3 is 15.8 Å². The lowest BCUT2D eigenvalue weighted by molar-refractivity contribution is 0.0950. The highest BCUT2D eigenvalue weighted by atomic mass is 16.5. The summed E-state index contributed by atoms with van der Waals surface area (Å²) in [5, 5.41) is 2.91. The number of carbonyl (C=O) groups excluding carboxylic acids is 1. The lowest BCUT2D eigenvalue weighted by Gasteiger charge is -2.13. The van der Waals surface area contributed by atoms with Crippen molar-refractivity contribution in [3.63, 3.8) is 0 Å². The van der Waals surface area contributed by atoms with Gasteiger partial charge in [-0.3, -0.25) is 4.79 Å². The van der Waals surface area contributed by atoms with Crippen molar-refractivity contribution in [3.8, 4) is 5.75 Å². The fraction of sp³-hybridized carbons (Fsp3) is 0.316. The Morgan fingerprint density at radius 1 is 1.13 bits per heavy atom. The first-order valence-electron chi connectivity index (χ1n) is 7.90. The van der Waals surface area contributed by atoms with Crippen LogP contribution in [0, 0.1) is 5.92 Å². The summed E-state index contributed by atoms with van der Waals surface area (Å²) in [5.74, 6) is 1.31. The Kier molecular flexibility index (Phi) is 6.03. The zero-order valence-corrected chi connectivity index (χ0v) is 13.7. The van der Waals surface area contributed by atoms with E-state index in [1.54, 1.807) is 24.3 Å². The number of hydrogen-bond donors (Lipinski definition) is 2. The molecule has 0 saturated carbocycles. The number of nitrogens with one attached hydrogen (secondary N) is 1. The Hall–Kier alpha value is -2.49. The smallest absolute Gasteiger partial charge is 0.251 e. The van der Waals surface area contributed by atoms with Crippen LogP contribution in [-0.4, -0.2) is 12.5 Å². The lowest BCUT2D eigenvalue weighted by Crippen LogP contribution is -2.23. The quantitative estimate of drug-likeness (QED) is 0.767. The largest absolute Gasteiger partial charge is 0.493 e. The predicted octanol–water partition coefficient (Wildman–Crippen LogP) is 3.62. The first-order valence-corrected chi connectivity index (χ1v) is 7.90. The number of anilines is 1. The van der Waals surface area contributed by atoms with Crippen LogP contribution in [0.2, 0.25) is 0 Å². The molecule has 2 aromatic rings. The van der Waals surface area contributed by atoms with E-state index in [1.807, 2.05) is 24.3 Å². The molecule has 0 aliphatic heterocycles. The van der Waals surface area contributed by atoms with E-state index in [-0.39, 0.29) is 5.91 Å². The summed E-state index contributed by atoms with van der Waals surface area (Å²) in [5.41, 5.74) is 7.84. The highest BCUT2D eigenvalue weighted by Crippen LogP contribution is 2.18. The van der Waals surface area contributed by atoms with Gasteiger partial charge >= 0.3 is 0 Å². The second-order valence-corrected chi connectivity index (χ2v) is 5.94. The Balaban J connectivity index is 1.94. The van der Waals surface area contributed by atoms with E-state index >= 15 is 0 Å². The second-order valence-electron chi connectivity index (χ2n) is 5.94. The van der Waals surface area contributed by atoms with Gasteiger partial charge in [0, 0.05) is 23.4 Å². The number of ether oxygens (including phenoxy) is 1. The molecule has 0 fully saturated rings. The van der Waals surface area contributed by atoms with Crippen LogP contribution in [0.1, 0.15) is 36.2 Å². The first-order chi connectivity index (χ1) is 11.1. The molecule has 1 amide bonds. The minimum absolute atomic E-state index is 0.123. The third-order valence-corrected chi connectivity index (χ3v) is 3.54. The third-order valence-electron chi connectivity index (χ3n) is 3.54. The standard InChI is InChI=1S/C19H24N2O2/c1-14(2)11-12-23-18-6-4-3-5-16(18)13-21-19(22)15-7-9-17(20)10-8-15/h3-10,14H,11-13,20H2,1-2H3,(H,21,22). The van der Waals surface area contributed by atoms with Gasteiger partial charge in [0.15, 0.2) is 0 Å². The monoisotopic (exact) mass is 312 g/mol. The van der Waals surface area contributed by atoms with E-state index < -0.39 is 0 Å². The van der Waals surface area contributed by atoms with Gasteiger partial charge in [0.1, 0.15) is 5.75 Å². The summed E-state index contributed by atoms with van der Waals surface area (Å²) >= 11 is 0. The maximum atomic E-state index is 12.2. The molecule has 2 aromatic carbocycles. The summed E-state index contributed by atoms with van der Waals surface area (Å²) in [7, 11) is 0. The number of nitrogens with two attached hydrogens (primary N) is 1. The molecule has 0 heterocycles. The Morgan fingerprint density at radius 3 is 2.52 bits per heavy atom. The number of amides is 1. The van der Waals surface area contributed by atoms with Crippen molar-refractivity contribution in [1.29, 1.82) is 0 Å². The Bertz CT molecular complexity index is 636. The molecule has 4 heteroatoms. The Morgan fingerprint density at radius 2 is 1.83 bits per heavy atom. The summed E-state index contributed by atoms with van der Waals surface area (Å²) in [6.45, 7) is 5.45. The molecule has 0 radical (unpaired) electrons. The molecule has 0 spiro atoms. The van der Waals surface area contributed by atoms with Crippen molar-refractivity contribution in [3.05, 3.63) is 59.7 Å². The van der Waals surface area contributed by atoms with E-state index in [2.05, 4.69) is 19.2 Å². The summed E-state index contributed by atoms with van der Waals surface area (Å²) in [4.78, 5) is 12.2. The highest BCUT2D eigenvalue weighted by molar-refractivity contribution is 5.94. The maximum Gasteiger partial charge on any atom is 0.251 e. The predicted molar refractivity (Wildman–Crippen MR) is 93.4 cm³/mol. The summed E-state index contributed by atoms with van der Waals surface area (Å²) in [6.07, 6.45) is 1.01. The van der Waals surface area contributed by atoms with Crippen molar-refractivity contribution in [2.45, 2.75) is 26.8 Å². The van der Waals surface area contributed by atoms with Gasteiger partial charge in [-0.2, -0.15) is 0 Å². The Labute approximate surface area is 137 Å². The SMILES string of the molecule is CC(C)CCOc1ccccc1CNC(=O)c1ccc(N)cc1. The number of nitrogen functional groups attached to an aromatic ring is 1. The summed E-state index contributed by atoms with van der Waals surface area (Å²) in [6, 6.07) is 14.7. The molecule has 0 bridgehead atoms. The molecule has 0 unspecified atom stereocenters. The molecule has 3 N–H and O–H groups in total. The number of para-hydroxylation sites is 1. The minimum atomic E-state index is -0.123. The van der Waals surface area contributed by atoms with E-state index in [0.717, 1.165) is 17.7 Å². The van der Waals surface area contributed by atoms with Crippen molar-refractivity contribution in [2.75, 3.05) is 12.3 Å². The zero-order chi connectivity index (χ0) is 16.7. The average molecular weight is 312 g/mol. The lowest BCUT2D eigenvalue weighted by atomic mass is 10.1. The molecule has 122 valence electrons. The maximum absolute atomic E-state index is 12.2. The van der Waals surface area contributed by atoms with Crippen LogP contribution in [-0.2, 0) is 6.54 Å². The fourth-order valence-electron chi connectivity index (χ4n) is 2.11. The van der Waals surface area contributed by atoms with Gasteiger partial charge in [0.25, 0.3) is 5.91 Å². The van der Waals surface area contributed by atoms with Crippen molar-refractivity contribution in [1.82, 2.24) is 5.32 Å². The van der Waals surface area contributed by atoms with E-state index in [4.69, 9.17) is 10.5 Å². The van der Waals surface area contributed by atoms with Crippen LogP contribution in [0.15, 0.2) is 48.5 Å². The average Bonchev–Trinajstić information content (AvgIpc) is 2.54. The molecule has 0 aliphatic carbocycles. The van der Waals surface area contributed by atoms with Gasteiger partial charge in [-0.15, -0.1) is 0 Å². The van der Waals surface area contributed by atoms with Crippen molar-refractivity contribution in [2.24, 2.45) is 5.92 Å². The van der Waals surface area contributed by atoms with E-state index in [0.29, 0.717) is 30.3 Å². The molecule has 4 nitrogen and oxygen atoms in total. The normalized spacial score (nSPS) is 10.6. The van der Waals surface area contributed by atoms with Crippen molar-refractivity contribution >= 4 is 11.6 Å². The number of carbonyl (C=O) groups is 1. The van der Waals surface area contributed by atoms with Crippen LogP contribution >= 0.6 is 0 Å². The molecule has 0 saturated heterocycles. The van der Waals surface area contributed by atoms with Crippen LogP contribution < -0.4 is 15.8 Å². The second kappa shape index (κ2) is 8.22. The van der Waals surface area contributed by atoms with Gasteiger partial charge in [-0.05, 0) is 42.7 Å². The molecular weight excluding hydrogens is 288 g/mol. The molecule has 0 atom stereocenters. The zero-order valence-electron chi connectivity index (χ0n) is 13.7. The van der Waals surface area contributed by atoms with Crippen LogP contribution in [0.5, 0.6) is 5.75 Å². The number of rotatable bonds is 7. The van der Waals surface area contributed by atoms with E-state index in [1.165, 1.54) is 0 Å². The highest BCUT2D eigenvalue weighted by Gasteiger charge is 2.08. The third kappa shape index (κ3) is 5.33. The number of hydrogen-bond acceptors (Lipinski definition) is 3. The molecular formula is C19H24N2O2. The van der Waals surface area contributed by atoms with E-state index in [9.17, 15) is 4.79 Å².